The summed E-state index contributed by atoms with van der Waals surface area (Å²) in [4.78, 5) is 0. The van der Waals surface area contributed by atoms with Crippen LogP contribution in [0.15, 0.2) is 18.2 Å². The molecule has 1 N–H and O–H groups in total. The average molecular weight is 259 g/mol. The number of hydrogen-bond donors (Lipinski definition) is 1. The minimum Gasteiger partial charge on any atom is -0.486 e. The second-order valence-electron chi connectivity index (χ2n) is 4.93. The molecule has 3 rings (SSSR count). The smallest absolute Gasteiger partial charge is 0.170 e. The van der Waals surface area contributed by atoms with Gasteiger partial charge >= 0.3 is 0 Å². The van der Waals surface area contributed by atoms with Crippen molar-refractivity contribution in [2.24, 2.45) is 7.05 Å². The largest absolute Gasteiger partial charge is 0.486 e. The fraction of sp³-hybridized carbons (Fsp3) is 0.429. The van der Waals surface area contributed by atoms with Crippen molar-refractivity contribution in [3.8, 4) is 5.75 Å². The first-order chi connectivity index (χ1) is 9.15. The molecule has 100 valence electrons. The molecule has 1 aliphatic carbocycles. The van der Waals surface area contributed by atoms with Crippen LogP contribution in [0.5, 0.6) is 5.75 Å². The topological polar surface area (TPSA) is 60.2 Å². The molecule has 2 aromatic rings. The van der Waals surface area contributed by atoms with Crippen LogP contribution in [-0.2, 0) is 20.1 Å². The van der Waals surface area contributed by atoms with Crippen LogP contribution in [0.2, 0.25) is 0 Å². The molecule has 0 radical (unpaired) electrons. The van der Waals surface area contributed by atoms with E-state index in [-0.39, 0.29) is 6.10 Å². The van der Waals surface area contributed by atoms with E-state index in [9.17, 15) is 5.11 Å². The standard InChI is InChI=1S/C14H17N3O2/c1-9-15-16-14(17(9)2)8-19-11-4-5-12-10(7-11)3-6-13(12)18/h4-5,7,13,18H,3,6,8H2,1-2H3. The molecule has 1 heterocycles. The summed E-state index contributed by atoms with van der Waals surface area (Å²) in [5.41, 5.74) is 2.21. The highest BCUT2D eigenvalue weighted by Gasteiger charge is 2.20. The highest BCUT2D eigenvalue weighted by Crippen LogP contribution is 2.33. The summed E-state index contributed by atoms with van der Waals surface area (Å²) in [6, 6.07) is 5.86. The summed E-state index contributed by atoms with van der Waals surface area (Å²) in [6.45, 7) is 2.31. The molecule has 0 saturated carbocycles. The molecule has 1 aromatic heterocycles. The molecule has 0 bridgehead atoms. The van der Waals surface area contributed by atoms with Gasteiger partial charge in [0.1, 0.15) is 18.2 Å². The minimum atomic E-state index is -0.314. The number of aliphatic hydroxyl groups excluding tert-OH is 1. The van der Waals surface area contributed by atoms with Gasteiger partial charge < -0.3 is 14.4 Å². The van der Waals surface area contributed by atoms with Gasteiger partial charge in [0.05, 0.1) is 6.10 Å². The fourth-order valence-electron chi connectivity index (χ4n) is 2.39. The molecule has 0 fully saturated rings. The number of hydrogen-bond acceptors (Lipinski definition) is 4. The zero-order valence-corrected chi connectivity index (χ0v) is 11.1. The van der Waals surface area contributed by atoms with Crippen LogP contribution in [-0.4, -0.2) is 19.9 Å². The molecule has 0 amide bonds. The van der Waals surface area contributed by atoms with Crippen LogP contribution < -0.4 is 4.74 Å². The van der Waals surface area contributed by atoms with Crippen molar-refractivity contribution >= 4 is 0 Å². The molecule has 1 atom stereocenters. The van der Waals surface area contributed by atoms with E-state index in [0.717, 1.165) is 35.8 Å². The molecule has 0 aliphatic heterocycles. The monoisotopic (exact) mass is 259 g/mol. The van der Waals surface area contributed by atoms with Crippen LogP contribution in [0.1, 0.15) is 35.3 Å². The predicted octanol–water partition coefficient (Wildman–Crippen LogP) is 1.68. The van der Waals surface area contributed by atoms with Gasteiger partial charge in [0.25, 0.3) is 0 Å². The van der Waals surface area contributed by atoms with Crippen LogP contribution in [0.25, 0.3) is 0 Å². The number of fused-ring (bicyclic) bond motifs is 1. The van der Waals surface area contributed by atoms with E-state index in [2.05, 4.69) is 10.2 Å². The maximum absolute atomic E-state index is 9.76. The van der Waals surface area contributed by atoms with Crippen molar-refractivity contribution in [1.82, 2.24) is 14.8 Å². The average Bonchev–Trinajstić information content (AvgIpc) is 2.93. The Morgan fingerprint density at radius 2 is 2.26 bits per heavy atom. The van der Waals surface area contributed by atoms with Gasteiger partial charge in [-0.2, -0.15) is 0 Å². The third-order valence-corrected chi connectivity index (χ3v) is 3.71. The third-order valence-electron chi connectivity index (χ3n) is 3.71. The third kappa shape index (κ3) is 2.21. The number of nitrogens with zero attached hydrogens (tertiary/aromatic N) is 3. The number of benzene rings is 1. The SMILES string of the molecule is Cc1nnc(COc2ccc3c(c2)CCC3O)n1C. The van der Waals surface area contributed by atoms with Gasteiger partial charge in [-0.15, -0.1) is 10.2 Å². The van der Waals surface area contributed by atoms with Gasteiger partial charge in [0.15, 0.2) is 5.82 Å². The Morgan fingerprint density at radius 1 is 1.42 bits per heavy atom. The molecule has 0 spiro atoms. The van der Waals surface area contributed by atoms with Gasteiger partial charge in [-0.1, -0.05) is 6.07 Å². The lowest BCUT2D eigenvalue weighted by molar-refractivity contribution is 0.180. The minimum absolute atomic E-state index is 0.314. The van der Waals surface area contributed by atoms with Crippen LogP contribution in [0.3, 0.4) is 0 Å². The van der Waals surface area contributed by atoms with Gasteiger partial charge in [-0.3, -0.25) is 0 Å². The van der Waals surface area contributed by atoms with Gasteiger partial charge in [0, 0.05) is 7.05 Å². The highest BCUT2D eigenvalue weighted by atomic mass is 16.5. The molecule has 1 unspecified atom stereocenters. The maximum Gasteiger partial charge on any atom is 0.170 e. The lowest BCUT2D eigenvalue weighted by Gasteiger charge is -2.08. The number of aliphatic hydroxyl groups is 1. The summed E-state index contributed by atoms with van der Waals surface area (Å²) in [7, 11) is 1.92. The summed E-state index contributed by atoms with van der Waals surface area (Å²) < 4.78 is 7.66. The molecule has 0 saturated heterocycles. The number of aromatic nitrogens is 3. The maximum atomic E-state index is 9.76. The molecule has 1 aromatic carbocycles. The summed E-state index contributed by atoms with van der Waals surface area (Å²) in [5.74, 6) is 2.49. The van der Waals surface area contributed by atoms with E-state index < -0.39 is 0 Å². The normalized spacial score (nSPS) is 17.5. The lowest BCUT2D eigenvalue weighted by atomic mass is 10.1. The van der Waals surface area contributed by atoms with Crippen molar-refractivity contribution in [2.75, 3.05) is 0 Å². The van der Waals surface area contributed by atoms with E-state index in [1.54, 1.807) is 0 Å². The summed E-state index contributed by atoms with van der Waals surface area (Å²) in [6.07, 6.45) is 1.41. The Bertz CT molecular complexity index is 607. The lowest BCUT2D eigenvalue weighted by Crippen LogP contribution is -2.04. The first-order valence-corrected chi connectivity index (χ1v) is 6.43. The van der Waals surface area contributed by atoms with Gasteiger partial charge in [0.2, 0.25) is 0 Å². The van der Waals surface area contributed by atoms with Crippen molar-refractivity contribution in [1.29, 1.82) is 0 Å². The van der Waals surface area contributed by atoms with Crippen molar-refractivity contribution in [3.63, 3.8) is 0 Å². The van der Waals surface area contributed by atoms with E-state index in [1.807, 2.05) is 36.7 Å². The first kappa shape index (κ1) is 12.2. The fourth-order valence-corrected chi connectivity index (χ4v) is 2.39. The Hall–Kier alpha value is -1.88. The molecular weight excluding hydrogens is 242 g/mol. The summed E-state index contributed by atoms with van der Waals surface area (Å²) in [5, 5.41) is 17.8. The number of aryl methyl sites for hydroxylation is 2. The van der Waals surface area contributed by atoms with Crippen molar-refractivity contribution < 1.29 is 9.84 Å². The zero-order valence-electron chi connectivity index (χ0n) is 11.1. The predicted molar refractivity (Wildman–Crippen MR) is 69.8 cm³/mol. The quantitative estimate of drug-likeness (QED) is 0.911. The Kier molecular flexibility index (Phi) is 2.98. The second kappa shape index (κ2) is 4.66. The molecule has 1 aliphatic rings. The van der Waals surface area contributed by atoms with E-state index in [1.165, 1.54) is 5.56 Å². The van der Waals surface area contributed by atoms with Crippen molar-refractivity contribution in [2.45, 2.75) is 32.5 Å². The molecule has 19 heavy (non-hydrogen) atoms. The van der Waals surface area contributed by atoms with E-state index in [0.29, 0.717) is 6.61 Å². The number of rotatable bonds is 3. The van der Waals surface area contributed by atoms with Gasteiger partial charge in [-0.05, 0) is 43.0 Å². The summed E-state index contributed by atoms with van der Waals surface area (Å²) >= 11 is 0. The van der Waals surface area contributed by atoms with Gasteiger partial charge in [-0.25, -0.2) is 0 Å². The first-order valence-electron chi connectivity index (χ1n) is 6.43. The molecule has 5 nitrogen and oxygen atoms in total. The van der Waals surface area contributed by atoms with Crippen LogP contribution >= 0.6 is 0 Å². The Labute approximate surface area is 111 Å². The van der Waals surface area contributed by atoms with E-state index >= 15 is 0 Å². The van der Waals surface area contributed by atoms with Crippen LogP contribution in [0, 0.1) is 6.92 Å². The zero-order chi connectivity index (χ0) is 13.4. The number of ether oxygens (including phenoxy) is 1. The molecule has 5 heteroatoms. The highest BCUT2D eigenvalue weighted by molar-refractivity contribution is 5.39. The van der Waals surface area contributed by atoms with E-state index in [4.69, 9.17) is 4.74 Å². The van der Waals surface area contributed by atoms with Crippen LogP contribution in [0.4, 0.5) is 0 Å². The van der Waals surface area contributed by atoms with Crippen molar-refractivity contribution in [3.05, 3.63) is 41.0 Å². The Morgan fingerprint density at radius 3 is 3.00 bits per heavy atom. The molecular formula is C14H17N3O2. The second-order valence-corrected chi connectivity index (χ2v) is 4.93. The Balaban J connectivity index is 1.73.